The van der Waals surface area contributed by atoms with Gasteiger partial charge in [-0.15, -0.1) is 0 Å². The highest BCUT2D eigenvalue weighted by atomic mass is 35.5. The Hall–Kier alpha value is -1.58. The number of ether oxygens (including phenoxy) is 2. The standard InChI is InChI=1S/C21H29Cl2N3O5/c1-2-7-24-20(28)9-15-4-6-18-19(31-15)12-30-11-14(27)10-26(18)21(29)25-13-3-5-16(22)17(23)8-13/h3,5,8,14-15,18-19,27H,2,4,6-7,9-12H2,1H3,(H,24,28)(H,25,29)/t14-,15+,18+,19-/m1/s1. The summed E-state index contributed by atoms with van der Waals surface area (Å²) in [6, 6.07) is 4.20. The fraction of sp³-hybridized carbons (Fsp3) is 0.619. The van der Waals surface area contributed by atoms with Gasteiger partial charge in [0.2, 0.25) is 5.91 Å². The molecule has 2 fully saturated rings. The van der Waals surface area contributed by atoms with E-state index in [0.717, 1.165) is 6.42 Å². The second-order valence-electron chi connectivity index (χ2n) is 7.90. The van der Waals surface area contributed by atoms with Crippen LogP contribution in [0.3, 0.4) is 0 Å². The highest BCUT2D eigenvalue weighted by Crippen LogP contribution is 2.29. The minimum Gasteiger partial charge on any atom is -0.389 e. The fourth-order valence-corrected chi connectivity index (χ4v) is 4.19. The van der Waals surface area contributed by atoms with Crippen molar-refractivity contribution in [1.29, 1.82) is 0 Å². The molecule has 172 valence electrons. The van der Waals surface area contributed by atoms with Crippen LogP contribution in [0.1, 0.15) is 32.6 Å². The molecule has 0 saturated carbocycles. The van der Waals surface area contributed by atoms with E-state index in [9.17, 15) is 14.7 Å². The number of hydrogen-bond acceptors (Lipinski definition) is 5. The number of hydrogen-bond donors (Lipinski definition) is 3. The summed E-state index contributed by atoms with van der Waals surface area (Å²) in [5.41, 5.74) is 0.506. The van der Waals surface area contributed by atoms with Crippen molar-refractivity contribution in [3.05, 3.63) is 28.2 Å². The molecule has 3 amide bonds. The monoisotopic (exact) mass is 473 g/mol. The van der Waals surface area contributed by atoms with Crippen molar-refractivity contribution in [3.63, 3.8) is 0 Å². The first-order valence-corrected chi connectivity index (χ1v) is 11.3. The van der Waals surface area contributed by atoms with Gasteiger partial charge in [-0.25, -0.2) is 4.79 Å². The molecule has 0 bridgehead atoms. The molecule has 0 unspecified atom stereocenters. The van der Waals surface area contributed by atoms with E-state index >= 15 is 0 Å². The Balaban J connectivity index is 1.68. The molecule has 3 rings (SSSR count). The summed E-state index contributed by atoms with van der Waals surface area (Å²) < 4.78 is 11.7. The Labute approximate surface area is 192 Å². The third kappa shape index (κ3) is 6.70. The van der Waals surface area contributed by atoms with Crippen LogP contribution in [0.5, 0.6) is 0 Å². The van der Waals surface area contributed by atoms with E-state index in [2.05, 4.69) is 10.6 Å². The van der Waals surface area contributed by atoms with Crippen molar-refractivity contribution in [1.82, 2.24) is 10.2 Å². The van der Waals surface area contributed by atoms with E-state index in [1.807, 2.05) is 6.92 Å². The van der Waals surface area contributed by atoms with Gasteiger partial charge in [0.1, 0.15) is 6.10 Å². The van der Waals surface area contributed by atoms with E-state index in [4.69, 9.17) is 32.7 Å². The zero-order valence-electron chi connectivity index (χ0n) is 17.5. The number of aliphatic hydroxyl groups excluding tert-OH is 1. The SMILES string of the molecule is CCCNC(=O)C[C@@H]1CC[C@H]2[C@@H](COC[C@H](O)CN2C(=O)Nc2ccc(Cl)c(Cl)c2)O1. The molecule has 0 aromatic heterocycles. The second kappa shape index (κ2) is 11.3. The maximum atomic E-state index is 13.1. The quantitative estimate of drug-likeness (QED) is 0.609. The average Bonchev–Trinajstić information content (AvgIpc) is 2.72. The van der Waals surface area contributed by atoms with Crippen LogP contribution in [-0.2, 0) is 14.3 Å². The van der Waals surface area contributed by atoms with Gasteiger partial charge in [-0.1, -0.05) is 30.1 Å². The third-order valence-electron chi connectivity index (χ3n) is 5.40. The molecule has 2 saturated heterocycles. The first-order chi connectivity index (χ1) is 14.9. The summed E-state index contributed by atoms with van der Waals surface area (Å²) in [5.74, 6) is -0.0401. The molecule has 0 spiro atoms. The summed E-state index contributed by atoms with van der Waals surface area (Å²) in [6.45, 7) is 3.09. The topological polar surface area (TPSA) is 100 Å². The second-order valence-corrected chi connectivity index (χ2v) is 8.71. The fourth-order valence-electron chi connectivity index (χ4n) is 3.89. The molecule has 2 aliphatic heterocycles. The molecular weight excluding hydrogens is 445 g/mol. The van der Waals surface area contributed by atoms with Crippen molar-refractivity contribution in [2.75, 3.05) is 31.6 Å². The Morgan fingerprint density at radius 3 is 2.77 bits per heavy atom. The Kier molecular flexibility index (Phi) is 8.80. The van der Waals surface area contributed by atoms with Crippen molar-refractivity contribution in [3.8, 4) is 0 Å². The number of β-amino-alcohol motifs (C(OH)–C–C–N with tert-alkyl or cyclic N) is 1. The predicted molar refractivity (Wildman–Crippen MR) is 119 cm³/mol. The van der Waals surface area contributed by atoms with Gasteiger partial charge >= 0.3 is 6.03 Å². The van der Waals surface area contributed by atoms with Gasteiger partial charge in [0, 0.05) is 12.2 Å². The molecule has 4 atom stereocenters. The number of nitrogens with one attached hydrogen (secondary N) is 2. The van der Waals surface area contributed by atoms with E-state index in [-0.39, 0.29) is 56.4 Å². The number of rotatable bonds is 5. The van der Waals surface area contributed by atoms with Gasteiger partial charge in [0.25, 0.3) is 0 Å². The Morgan fingerprint density at radius 1 is 1.23 bits per heavy atom. The number of urea groups is 1. The lowest BCUT2D eigenvalue weighted by atomic mass is 9.95. The minimum atomic E-state index is -0.807. The number of anilines is 1. The third-order valence-corrected chi connectivity index (χ3v) is 6.14. The van der Waals surface area contributed by atoms with E-state index in [1.165, 1.54) is 0 Å². The molecule has 2 heterocycles. The van der Waals surface area contributed by atoms with Crippen molar-refractivity contribution in [2.24, 2.45) is 0 Å². The number of aliphatic hydroxyl groups is 1. The van der Waals surface area contributed by atoms with Crippen LogP contribution in [0, 0.1) is 0 Å². The molecule has 31 heavy (non-hydrogen) atoms. The number of fused-ring (bicyclic) bond motifs is 1. The maximum Gasteiger partial charge on any atom is 0.322 e. The van der Waals surface area contributed by atoms with Gasteiger partial charge in [0.15, 0.2) is 0 Å². The number of nitrogens with zero attached hydrogens (tertiary/aromatic N) is 1. The summed E-state index contributed by atoms with van der Waals surface area (Å²) in [5, 5.41) is 16.7. The summed E-state index contributed by atoms with van der Waals surface area (Å²) in [4.78, 5) is 26.7. The van der Waals surface area contributed by atoms with Gasteiger partial charge < -0.3 is 30.1 Å². The smallest absolute Gasteiger partial charge is 0.322 e. The Morgan fingerprint density at radius 2 is 2.03 bits per heavy atom. The first-order valence-electron chi connectivity index (χ1n) is 10.6. The largest absolute Gasteiger partial charge is 0.389 e. The molecular formula is C21H29Cl2N3O5. The summed E-state index contributed by atoms with van der Waals surface area (Å²) >= 11 is 12.0. The number of carbonyl (C=O) groups excluding carboxylic acids is 2. The van der Waals surface area contributed by atoms with Crippen LogP contribution in [0.2, 0.25) is 10.0 Å². The lowest BCUT2D eigenvalue weighted by molar-refractivity contribution is -0.149. The van der Waals surface area contributed by atoms with E-state index < -0.39 is 6.10 Å². The lowest BCUT2D eigenvalue weighted by Crippen LogP contribution is -2.58. The zero-order chi connectivity index (χ0) is 22.4. The van der Waals surface area contributed by atoms with Crippen LogP contribution >= 0.6 is 23.2 Å². The highest BCUT2D eigenvalue weighted by molar-refractivity contribution is 6.42. The van der Waals surface area contributed by atoms with Crippen molar-refractivity contribution in [2.45, 2.75) is 57.0 Å². The Bertz CT molecular complexity index is 781. The van der Waals surface area contributed by atoms with Gasteiger partial charge in [0.05, 0.1) is 54.5 Å². The highest BCUT2D eigenvalue weighted by Gasteiger charge is 2.40. The number of carbonyl (C=O) groups is 2. The van der Waals surface area contributed by atoms with Gasteiger partial charge in [-0.2, -0.15) is 0 Å². The van der Waals surface area contributed by atoms with Crippen LogP contribution in [-0.4, -0.2) is 72.6 Å². The predicted octanol–water partition coefficient (Wildman–Crippen LogP) is 3.05. The van der Waals surface area contributed by atoms with Gasteiger partial charge in [-0.05, 0) is 37.5 Å². The lowest BCUT2D eigenvalue weighted by Gasteiger charge is -2.44. The molecule has 8 nitrogen and oxygen atoms in total. The van der Waals surface area contributed by atoms with Crippen molar-refractivity contribution < 1.29 is 24.2 Å². The molecule has 0 radical (unpaired) electrons. The molecule has 1 aromatic carbocycles. The number of halogens is 2. The number of amides is 3. The van der Waals surface area contributed by atoms with Crippen LogP contribution < -0.4 is 10.6 Å². The molecule has 0 aliphatic carbocycles. The molecule has 3 N–H and O–H groups in total. The van der Waals surface area contributed by atoms with Crippen LogP contribution in [0.4, 0.5) is 10.5 Å². The molecule has 10 heteroatoms. The normalized spacial score (nSPS) is 26.4. The van der Waals surface area contributed by atoms with Crippen molar-refractivity contribution >= 4 is 40.8 Å². The van der Waals surface area contributed by atoms with E-state index in [0.29, 0.717) is 35.1 Å². The molecule has 1 aromatic rings. The summed E-state index contributed by atoms with van der Waals surface area (Å²) in [6.07, 6.45) is 1.01. The first kappa shape index (κ1) is 24.1. The minimum absolute atomic E-state index is 0.0401. The van der Waals surface area contributed by atoms with Gasteiger partial charge in [-0.3, -0.25) is 4.79 Å². The van der Waals surface area contributed by atoms with E-state index in [1.54, 1.807) is 23.1 Å². The average molecular weight is 474 g/mol. The maximum absolute atomic E-state index is 13.1. The molecule has 2 aliphatic rings. The van der Waals surface area contributed by atoms with Crippen LogP contribution in [0.25, 0.3) is 0 Å². The number of benzene rings is 1. The summed E-state index contributed by atoms with van der Waals surface area (Å²) in [7, 11) is 0. The zero-order valence-corrected chi connectivity index (χ0v) is 19.0. The van der Waals surface area contributed by atoms with Crippen LogP contribution in [0.15, 0.2) is 18.2 Å².